The Morgan fingerprint density at radius 2 is 1.65 bits per heavy atom. The fraction of sp³-hybridized carbons (Fsp3) is 1.00. The Labute approximate surface area is 108 Å². The molecule has 0 saturated heterocycles. The standard InChI is InChI=1S/C15H32O2/c1-7-9-11-15(6,10-8-2)13(5)14(16)17-12(3)4/h12-14,16H,7-11H2,1-6H3/t13-,14-,15?/m0/s1. The van der Waals surface area contributed by atoms with Gasteiger partial charge in [-0.3, -0.25) is 0 Å². The van der Waals surface area contributed by atoms with Crippen LogP contribution in [0.4, 0.5) is 0 Å². The number of unbranched alkanes of at least 4 members (excludes halogenated alkanes) is 1. The topological polar surface area (TPSA) is 29.5 Å². The minimum Gasteiger partial charge on any atom is -0.368 e. The summed E-state index contributed by atoms with van der Waals surface area (Å²) < 4.78 is 5.54. The number of hydrogen-bond acceptors (Lipinski definition) is 2. The van der Waals surface area contributed by atoms with Crippen LogP contribution in [0, 0.1) is 11.3 Å². The normalized spacial score (nSPS) is 19.1. The molecule has 0 aromatic rings. The SMILES string of the molecule is CCCCC(C)(CCC)[C@@H](C)[C@@H](O)OC(C)C. The Kier molecular flexibility index (Phi) is 8.06. The molecule has 17 heavy (non-hydrogen) atoms. The van der Waals surface area contributed by atoms with Crippen LogP contribution in [-0.2, 0) is 4.74 Å². The second kappa shape index (κ2) is 8.10. The maximum absolute atomic E-state index is 10.1. The lowest BCUT2D eigenvalue weighted by Gasteiger charge is -2.38. The van der Waals surface area contributed by atoms with Gasteiger partial charge in [-0.1, -0.05) is 47.0 Å². The molecular formula is C15H32O2. The highest BCUT2D eigenvalue weighted by Gasteiger charge is 2.35. The van der Waals surface area contributed by atoms with Gasteiger partial charge in [0.25, 0.3) is 0 Å². The molecule has 2 nitrogen and oxygen atoms in total. The van der Waals surface area contributed by atoms with E-state index in [9.17, 15) is 5.11 Å². The molecule has 1 N–H and O–H groups in total. The summed E-state index contributed by atoms with van der Waals surface area (Å²) >= 11 is 0. The van der Waals surface area contributed by atoms with Crippen LogP contribution < -0.4 is 0 Å². The van der Waals surface area contributed by atoms with Crippen molar-refractivity contribution in [3.05, 3.63) is 0 Å². The van der Waals surface area contributed by atoms with Gasteiger partial charge in [-0.2, -0.15) is 0 Å². The predicted molar refractivity (Wildman–Crippen MR) is 73.9 cm³/mol. The molecule has 0 aliphatic rings. The fourth-order valence-electron chi connectivity index (χ4n) is 2.47. The Balaban J connectivity index is 4.54. The first-order valence-electron chi connectivity index (χ1n) is 7.20. The van der Waals surface area contributed by atoms with Crippen LogP contribution in [0.5, 0.6) is 0 Å². The zero-order valence-electron chi connectivity index (χ0n) is 12.6. The molecular weight excluding hydrogens is 212 g/mol. The van der Waals surface area contributed by atoms with Crippen molar-refractivity contribution in [3.63, 3.8) is 0 Å². The Morgan fingerprint density at radius 3 is 2.06 bits per heavy atom. The fourth-order valence-corrected chi connectivity index (χ4v) is 2.47. The van der Waals surface area contributed by atoms with E-state index in [1.807, 2.05) is 13.8 Å². The van der Waals surface area contributed by atoms with E-state index < -0.39 is 6.29 Å². The van der Waals surface area contributed by atoms with Gasteiger partial charge in [0, 0.05) is 5.92 Å². The maximum Gasteiger partial charge on any atom is 0.157 e. The van der Waals surface area contributed by atoms with Crippen molar-refractivity contribution in [1.82, 2.24) is 0 Å². The molecule has 0 aromatic carbocycles. The van der Waals surface area contributed by atoms with E-state index in [4.69, 9.17) is 4.74 Å². The van der Waals surface area contributed by atoms with Crippen molar-refractivity contribution in [2.45, 2.75) is 86.0 Å². The number of aliphatic hydroxyl groups is 1. The molecule has 0 bridgehead atoms. The van der Waals surface area contributed by atoms with Crippen molar-refractivity contribution in [1.29, 1.82) is 0 Å². The van der Waals surface area contributed by atoms with Crippen LogP contribution >= 0.6 is 0 Å². The number of ether oxygens (including phenoxy) is 1. The summed E-state index contributed by atoms with van der Waals surface area (Å²) in [6.45, 7) is 12.8. The maximum atomic E-state index is 10.1. The number of hydrogen-bond donors (Lipinski definition) is 1. The smallest absolute Gasteiger partial charge is 0.157 e. The van der Waals surface area contributed by atoms with Crippen LogP contribution in [0.2, 0.25) is 0 Å². The van der Waals surface area contributed by atoms with Gasteiger partial charge in [0.15, 0.2) is 6.29 Å². The summed E-state index contributed by atoms with van der Waals surface area (Å²) in [5.74, 6) is 0.191. The van der Waals surface area contributed by atoms with Crippen molar-refractivity contribution in [2.75, 3.05) is 0 Å². The van der Waals surface area contributed by atoms with Crippen molar-refractivity contribution in [3.8, 4) is 0 Å². The lowest BCUT2D eigenvalue weighted by molar-refractivity contribution is -0.178. The molecule has 0 rings (SSSR count). The highest BCUT2D eigenvalue weighted by Crippen LogP contribution is 2.39. The summed E-state index contributed by atoms with van der Waals surface area (Å²) in [7, 11) is 0. The van der Waals surface area contributed by atoms with Gasteiger partial charge in [0.05, 0.1) is 6.10 Å². The third-order valence-corrected chi connectivity index (χ3v) is 3.86. The van der Waals surface area contributed by atoms with Crippen LogP contribution in [-0.4, -0.2) is 17.5 Å². The van der Waals surface area contributed by atoms with Gasteiger partial charge >= 0.3 is 0 Å². The average Bonchev–Trinajstić information content (AvgIpc) is 2.24. The molecule has 104 valence electrons. The van der Waals surface area contributed by atoms with E-state index in [-0.39, 0.29) is 17.4 Å². The molecule has 3 atom stereocenters. The summed E-state index contributed by atoms with van der Waals surface area (Å²) in [5.41, 5.74) is 0.194. The van der Waals surface area contributed by atoms with Crippen molar-refractivity contribution in [2.24, 2.45) is 11.3 Å². The minimum atomic E-state index is -0.636. The van der Waals surface area contributed by atoms with Gasteiger partial charge in [-0.15, -0.1) is 0 Å². The van der Waals surface area contributed by atoms with E-state index in [1.165, 1.54) is 25.7 Å². The Morgan fingerprint density at radius 1 is 1.06 bits per heavy atom. The van der Waals surface area contributed by atoms with Gasteiger partial charge in [0.1, 0.15) is 0 Å². The predicted octanol–water partition coefficient (Wildman–Crippen LogP) is 4.36. The molecule has 2 heteroatoms. The summed E-state index contributed by atoms with van der Waals surface area (Å²) in [6, 6.07) is 0. The van der Waals surface area contributed by atoms with Crippen LogP contribution in [0.25, 0.3) is 0 Å². The molecule has 0 saturated carbocycles. The zero-order chi connectivity index (χ0) is 13.5. The molecule has 0 spiro atoms. The van der Waals surface area contributed by atoms with E-state index in [0.29, 0.717) is 0 Å². The van der Waals surface area contributed by atoms with Crippen LogP contribution in [0.15, 0.2) is 0 Å². The number of aliphatic hydroxyl groups excluding tert-OH is 1. The molecule has 0 radical (unpaired) electrons. The van der Waals surface area contributed by atoms with Gasteiger partial charge in [-0.25, -0.2) is 0 Å². The first-order chi connectivity index (χ1) is 7.87. The highest BCUT2D eigenvalue weighted by molar-refractivity contribution is 4.81. The Hall–Kier alpha value is -0.0800. The zero-order valence-corrected chi connectivity index (χ0v) is 12.6. The van der Waals surface area contributed by atoms with Crippen molar-refractivity contribution < 1.29 is 9.84 Å². The van der Waals surface area contributed by atoms with Crippen LogP contribution in [0.3, 0.4) is 0 Å². The second-order valence-electron chi connectivity index (χ2n) is 5.87. The van der Waals surface area contributed by atoms with Gasteiger partial charge in [-0.05, 0) is 32.1 Å². The lowest BCUT2D eigenvalue weighted by Crippen LogP contribution is -2.37. The largest absolute Gasteiger partial charge is 0.368 e. The van der Waals surface area contributed by atoms with Gasteiger partial charge in [0.2, 0.25) is 0 Å². The van der Waals surface area contributed by atoms with Crippen molar-refractivity contribution >= 4 is 0 Å². The molecule has 1 unspecified atom stereocenters. The lowest BCUT2D eigenvalue weighted by atomic mass is 9.71. The van der Waals surface area contributed by atoms with Gasteiger partial charge < -0.3 is 9.84 Å². The summed E-state index contributed by atoms with van der Waals surface area (Å²) in [6.07, 6.45) is 5.40. The summed E-state index contributed by atoms with van der Waals surface area (Å²) in [5, 5.41) is 10.1. The van der Waals surface area contributed by atoms with E-state index in [1.54, 1.807) is 0 Å². The molecule has 0 fully saturated rings. The van der Waals surface area contributed by atoms with E-state index >= 15 is 0 Å². The minimum absolute atomic E-state index is 0.0875. The molecule has 0 amide bonds. The average molecular weight is 244 g/mol. The molecule has 0 aromatic heterocycles. The third kappa shape index (κ3) is 5.87. The quantitative estimate of drug-likeness (QED) is 0.611. The van der Waals surface area contributed by atoms with E-state index in [2.05, 4.69) is 27.7 Å². The number of rotatable bonds is 9. The first kappa shape index (κ1) is 16.9. The van der Waals surface area contributed by atoms with E-state index in [0.717, 1.165) is 6.42 Å². The second-order valence-corrected chi connectivity index (χ2v) is 5.87. The molecule has 0 aliphatic heterocycles. The third-order valence-electron chi connectivity index (χ3n) is 3.86. The summed E-state index contributed by atoms with van der Waals surface area (Å²) in [4.78, 5) is 0. The molecule has 0 heterocycles. The van der Waals surface area contributed by atoms with Crippen LogP contribution in [0.1, 0.15) is 73.6 Å². The monoisotopic (exact) mass is 244 g/mol. The highest BCUT2D eigenvalue weighted by atomic mass is 16.6. The molecule has 0 aliphatic carbocycles. The Bertz CT molecular complexity index is 191. The first-order valence-corrected chi connectivity index (χ1v) is 7.20.